The number of benzene rings is 2. The van der Waals surface area contributed by atoms with E-state index in [2.05, 4.69) is 5.32 Å². The summed E-state index contributed by atoms with van der Waals surface area (Å²) in [6, 6.07) is 10.9. The molecule has 1 aliphatic heterocycles. The van der Waals surface area contributed by atoms with Gasteiger partial charge < -0.3 is 19.9 Å². The van der Waals surface area contributed by atoms with Gasteiger partial charge >= 0.3 is 0 Å². The van der Waals surface area contributed by atoms with E-state index in [1.54, 1.807) is 30.3 Å². The normalized spacial score (nSPS) is 22.2. The Morgan fingerprint density at radius 3 is 2.56 bits per heavy atom. The van der Waals surface area contributed by atoms with Gasteiger partial charge in [0.25, 0.3) is 5.91 Å². The largest absolute Gasteiger partial charge is 0.454 e. The first-order valence-corrected chi connectivity index (χ1v) is 8.24. The van der Waals surface area contributed by atoms with Crippen molar-refractivity contribution >= 4 is 5.91 Å². The van der Waals surface area contributed by atoms with Gasteiger partial charge in [0.05, 0.1) is 12.1 Å². The Bertz CT molecular complexity index is 787. The average Bonchev–Trinajstić information content (AvgIpc) is 3.05. The molecule has 1 heterocycles. The van der Waals surface area contributed by atoms with Crippen molar-refractivity contribution in [2.75, 3.05) is 6.79 Å². The zero-order valence-electron chi connectivity index (χ0n) is 13.4. The fraction of sp³-hybridized carbons (Fsp3) is 0.316. The minimum absolute atomic E-state index is 0.124. The molecule has 1 fully saturated rings. The summed E-state index contributed by atoms with van der Waals surface area (Å²) in [5.41, 5.74) is 1.30. The van der Waals surface area contributed by atoms with Crippen LogP contribution in [0.2, 0.25) is 0 Å². The van der Waals surface area contributed by atoms with E-state index in [-0.39, 0.29) is 36.6 Å². The summed E-state index contributed by atoms with van der Waals surface area (Å²) in [5, 5.41) is 12.6. The topological polar surface area (TPSA) is 67.8 Å². The smallest absolute Gasteiger partial charge is 0.251 e. The number of aliphatic hydroxyl groups is 1. The van der Waals surface area contributed by atoms with Crippen molar-refractivity contribution in [3.05, 3.63) is 59.4 Å². The number of carbonyl (C=O) groups is 1. The van der Waals surface area contributed by atoms with Crippen LogP contribution in [0.3, 0.4) is 0 Å². The summed E-state index contributed by atoms with van der Waals surface area (Å²) in [6.45, 7) is 0.151. The number of hydrogen-bond donors (Lipinski definition) is 2. The molecule has 4 rings (SSSR count). The van der Waals surface area contributed by atoms with Crippen molar-refractivity contribution in [3.8, 4) is 11.5 Å². The van der Waals surface area contributed by atoms with Crippen LogP contribution in [0.15, 0.2) is 42.5 Å². The fourth-order valence-corrected chi connectivity index (χ4v) is 3.31. The lowest BCUT2D eigenvalue weighted by molar-refractivity contribution is 0.0235. The van der Waals surface area contributed by atoms with Crippen LogP contribution in [0, 0.1) is 11.7 Å². The van der Waals surface area contributed by atoms with Crippen LogP contribution < -0.4 is 14.8 Å². The first-order valence-electron chi connectivity index (χ1n) is 8.24. The van der Waals surface area contributed by atoms with E-state index in [0.29, 0.717) is 29.9 Å². The number of carbonyl (C=O) groups excluding carboxylic acids is 1. The van der Waals surface area contributed by atoms with Gasteiger partial charge in [-0.3, -0.25) is 4.79 Å². The van der Waals surface area contributed by atoms with Gasteiger partial charge in [0, 0.05) is 5.56 Å². The quantitative estimate of drug-likeness (QED) is 0.896. The van der Waals surface area contributed by atoms with E-state index in [4.69, 9.17) is 9.47 Å². The molecule has 6 heteroatoms. The molecule has 2 N–H and O–H groups in total. The summed E-state index contributed by atoms with van der Waals surface area (Å²) in [7, 11) is 0. The lowest BCUT2D eigenvalue weighted by Gasteiger charge is -2.38. The molecule has 0 spiro atoms. The van der Waals surface area contributed by atoms with Crippen molar-refractivity contribution in [3.63, 3.8) is 0 Å². The summed E-state index contributed by atoms with van der Waals surface area (Å²) in [4.78, 5) is 12.7. The Morgan fingerprint density at radius 2 is 1.84 bits per heavy atom. The predicted molar refractivity (Wildman–Crippen MR) is 87.9 cm³/mol. The van der Waals surface area contributed by atoms with Gasteiger partial charge in [-0.2, -0.15) is 0 Å². The number of fused-ring (bicyclic) bond motifs is 1. The van der Waals surface area contributed by atoms with Gasteiger partial charge in [-0.15, -0.1) is 0 Å². The Balaban J connectivity index is 1.55. The first kappa shape index (κ1) is 15.9. The maximum atomic E-state index is 13.2. The first-order chi connectivity index (χ1) is 12.1. The third-order valence-corrected chi connectivity index (χ3v) is 4.77. The molecule has 1 atom stereocenters. The summed E-state index contributed by atoms with van der Waals surface area (Å²) in [5.74, 6) is 0.726. The maximum absolute atomic E-state index is 13.2. The standard InChI is InChI=1S/C19H18FNO4/c20-14-4-1-11(2-5-14)18(13-7-15(22)8-13)21-19(23)12-3-6-16-17(9-12)25-10-24-16/h1-6,9,13,15,18,22H,7-8,10H2,(H,21,23)/t13?,15?,18-/m1/s1. The monoisotopic (exact) mass is 343 g/mol. The van der Waals surface area contributed by atoms with Gasteiger partial charge in [0.2, 0.25) is 6.79 Å². The van der Waals surface area contributed by atoms with E-state index in [1.807, 2.05) is 0 Å². The van der Waals surface area contributed by atoms with Crippen LogP contribution in [0.25, 0.3) is 0 Å². The van der Waals surface area contributed by atoms with Gasteiger partial charge in [-0.25, -0.2) is 4.39 Å². The number of rotatable bonds is 4. The Hall–Kier alpha value is -2.60. The van der Waals surface area contributed by atoms with E-state index >= 15 is 0 Å². The Labute approximate surface area is 144 Å². The molecule has 0 radical (unpaired) electrons. The van der Waals surface area contributed by atoms with E-state index in [9.17, 15) is 14.3 Å². The minimum atomic E-state index is -0.338. The molecule has 1 saturated carbocycles. The zero-order valence-corrected chi connectivity index (χ0v) is 13.4. The number of hydrogen-bond acceptors (Lipinski definition) is 4. The number of amides is 1. The summed E-state index contributed by atoms with van der Waals surface area (Å²) >= 11 is 0. The molecule has 0 unspecified atom stereocenters. The molecule has 0 bridgehead atoms. The lowest BCUT2D eigenvalue weighted by atomic mass is 9.75. The molecule has 5 nitrogen and oxygen atoms in total. The van der Waals surface area contributed by atoms with Gasteiger partial charge in [0.1, 0.15) is 5.82 Å². The molecule has 2 aromatic rings. The molecule has 25 heavy (non-hydrogen) atoms. The highest BCUT2D eigenvalue weighted by Gasteiger charge is 2.36. The molecular formula is C19H18FNO4. The molecule has 1 aliphatic carbocycles. The highest BCUT2D eigenvalue weighted by atomic mass is 19.1. The second-order valence-corrected chi connectivity index (χ2v) is 6.46. The summed E-state index contributed by atoms with van der Waals surface area (Å²) in [6.07, 6.45) is 0.891. The lowest BCUT2D eigenvalue weighted by Crippen LogP contribution is -2.41. The van der Waals surface area contributed by atoms with Crippen LogP contribution in [-0.4, -0.2) is 23.9 Å². The highest BCUT2D eigenvalue weighted by Crippen LogP contribution is 2.38. The minimum Gasteiger partial charge on any atom is -0.454 e. The van der Waals surface area contributed by atoms with Crippen molar-refractivity contribution in [1.82, 2.24) is 5.32 Å². The van der Waals surface area contributed by atoms with Crippen LogP contribution in [-0.2, 0) is 0 Å². The van der Waals surface area contributed by atoms with Gasteiger partial charge in [-0.05, 0) is 54.7 Å². The van der Waals surface area contributed by atoms with E-state index < -0.39 is 0 Å². The summed E-state index contributed by atoms with van der Waals surface area (Å²) < 4.78 is 23.8. The van der Waals surface area contributed by atoms with Crippen LogP contribution >= 0.6 is 0 Å². The van der Waals surface area contributed by atoms with E-state index in [0.717, 1.165) is 5.56 Å². The van der Waals surface area contributed by atoms with Crippen molar-refractivity contribution in [1.29, 1.82) is 0 Å². The van der Waals surface area contributed by atoms with Crippen molar-refractivity contribution in [2.24, 2.45) is 5.92 Å². The second-order valence-electron chi connectivity index (χ2n) is 6.46. The van der Waals surface area contributed by atoms with Gasteiger partial charge in [0.15, 0.2) is 11.5 Å². The second kappa shape index (κ2) is 6.37. The molecule has 1 amide bonds. The SMILES string of the molecule is O=C(N[C@H](c1ccc(F)cc1)C1CC(O)C1)c1ccc2c(c1)OCO2. The van der Waals surface area contributed by atoms with Gasteiger partial charge in [-0.1, -0.05) is 12.1 Å². The number of ether oxygens (including phenoxy) is 2. The Morgan fingerprint density at radius 1 is 1.12 bits per heavy atom. The average molecular weight is 343 g/mol. The van der Waals surface area contributed by atoms with Crippen LogP contribution in [0.5, 0.6) is 11.5 Å². The molecule has 0 saturated heterocycles. The molecule has 0 aromatic heterocycles. The van der Waals surface area contributed by atoms with Crippen molar-refractivity contribution in [2.45, 2.75) is 25.0 Å². The molecular weight excluding hydrogens is 325 g/mol. The number of halogens is 1. The van der Waals surface area contributed by atoms with Crippen molar-refractivity contribution < 1.29 is 23.8 Å². The highest BCUT2D eigenvalue weighted by molar-refractivity contribution is 5.95. The Kier molecular flexibility index (Phi) is 4.05. The molecule has 2 aliphatic rings. The van der Waals surface area contributed by atoms with Crippen LogP contribution in [0.4, 0.5) is 4.39 Å². The van der Waals surface area contributed by atoms with Crippen LogP contribution in [0.1, 0.15) is 34.8 Å². The molecule has 130 valence electrons. The van der Waals surface area contributed by atoms with E-state index in [1.165, 1.54) is 12.1 Å². The number of nitrogens with one attached hydrogen (secondary N) is 1. The fourth-order valence-electron chi connectivity index (χ4n) is 3.31. The number of aliphatic hydroxyl groups excluding tert-OH is 1. The molecule has 2 aromatic carbocycles. The zero-order chi connectivity index (χ0) is 17.4. The maximum Gasteiger partial charge on any atom is 0.251 e. The third-order valence-electron chi connectivity index (χ3n) is 4.77. The predicted octanol–water partition coefficient (Wildman–Crippen LogP) is 2.80. The third kappa shape index (κ3) is 3.17.